The minimum Gasteiger partial charge on any atom is -0.444 e. The van der Waals surface area contributed by atoms with Crippen LogP contribution in [-0.2, 0) is 22.5 Å². The molecule has 1 fully saturated rings. The standard InChI is InChI=1S/C28H34F3N5O4/c1-27(2,3)40-26(38)35-15-5-6-20(17-35)16-33-24(37)13-12-23-34-22-7-4-14-32-25(22)36(23)18-19-8-10-21(11-9-19)39-28(29,30)31/h4,7-11,14,20H,5-6,12-13,15-18H2,1-3H3,(H,33,37)/t20-/m0/s1. The number of aryl methyl sites for hydroxylation is 1. The van der Waals surface area contributed by atoms with Gasteiger partial charge in [-0.25, -0.2) is 14.8 Å². The predicted octanol–water partition coefficient (Wildman–Crippen LogP) is 5.07. The van der Waals surface area contributed by atoms with Gasteiger partial charge in [0.2, 0.25) is 5.91 Å². The quantitative estimate of drug-likeness (QED) is 0.412. The maximum absolute atomic E-state index is 12.7. The van der Waals surface area contributed by atoms with Crippen LogP contribution in [0.5, 0.6) is 5.75 Å². The van der Waals surface area contributed by atoms with Gasteiger partial charge in [0.25, 0.3) is 0 Å². The summed E-state index contributed by atoms with van der Waals surface area (Å²) in [6, 6.07) is 9.22. The normalized spacial score (nSPS) is 16.1. The molecule has 0 spiro atoms. The Morgan fingerprint density at radius 3 is 2.58 bits per heavy atom. The van der Waals surface area contributed by atoms with Crippen molar-refractivity contribution in [3.63, 3.8) is 0 Å². The maximum Gasteiger partial charge on any atom is 0.573 e. The van der Waals surface area contributed by atoms with E-state index in [1.54, 1.807) is 29.3 Å². The second kappa shape index (κ2) is 12.1. The lowest BCUT2D eigenvalue weighted by Gasteiger charge is -2.34. The molecule has 0 aliphatic carbocycles. The van der Waals surface area contributed by atoms with Gasteiger partial charge >= 0.3 is 12.5 Å². The average Bonchev–Trinajstić information content (AvgIpc) is 3.23. The first kappa shape index (κ1) is 29.2. The molecule has 0 radical (unpaired) electrons. The fourth-order valence-electron chi connectivity index (χ4n) is 4.64. The zero-order valence-corrected chi connectivity index (χ0v) is 22.8. The number of pyridine rings is 1. The third kappa shape index (κ3) is 8.33. The SMILES string of the molecule is CC(C)(C)OC(=O)N1CCC[C@@H](CNC(=O)CCc2nc3cccnc3n2Cc2ccc(OC(F)(F)F)cc2)C1. The minimum absolute atomic E-state index is 0.130. The number of benzene rings is 1. The summed E-state index contributed by atoms with van der Waals surface area (Å²) in [6.07, 6.45) is -1.14. The number of aromatic nitrogens is 3. The van der Waals surface area contributed by atoms with Crippen LogP contribution in [0.2, 0.25) is 0 Å². The lowest BCUT2D eigenvalue weighted by Crippen LogP contribution is -2.45. The van der Waals surface area contributed by atoms with E-state index in [1.807, 2.05) is 31.4 Å². The van der Waals surface area contributed by atoms with Crippen molar-refractivity contribution in [2.45, 2.75) is 65.0 Å². The minimum atomic E-state index is -4.76. The Labute approximate surface area is 230 Å². The predicted molar refractivity (Wildman–Crippen MR) is 142 cm³/mol. The molecule has 2 amide bonds. The molecule has 1 aliphatic heterocycles. The molecule has 1 aromatic carbocycles. The van der Waals surface area contributed by atoms with Crippen molar-refractivity contribution in [1.82, 2.24) is 24.8 Å². The fraction of sp³-hybridized carbons (Fsp3) is 0.500. The molecule has 1 saturated heterocycles. The molecule has 0 saturated carbocycles. The summed E-state index contributed by atoms with van der Waals surface area (Å²) < 4.78 is 48.8. The van der Waals surface area contributed by atoms with E-state index >= 15 is 0 Å². The third-order valence-corrected chi connectivity index (χ3v) is 6.41. The van der Waals surface area contributed by atoms with Crippen LogP contribution in [0.25, 0.3) is 11.2 Å². The van der Waals surface area contributed by atoms with Gasteiger partial charge in [-0.05, 0) is 69.4 Å². The number of likely N-dealkylation sites (tertiary alicyclic amines) is 1. The Morgan fingerprint density at radius 1 is 1.12 bits per heavy atom. The number of carbonyl (C=O) groups is 2. The van der Waals surface area contributed by atoms with Gasteiger partial charge in [0, 0.05) is 38.7 Å². The summed E-state index contributed by atoms with van der Waals surface area (Å²) in [4.78, 5) is 35.9. The molecule has 3 heterocycles. The van der Waals surface area contributed by atoms with Crippen LogP contribution in [0.3, 0.4) is 0 Å². The Kier molecular flexibility index (Phi) is 8.85. The summed E-state index contributed by atoms with van der Waals surface area (Å²) in [5, 5.41) is 2.98. The number of carbonyl (C=O) groups excluding carboxylic acids is 2. The number of imidazole rings is 1. The van der Waals surface area contributed by atoms with E-state index < -0.39 is 12.0 Å². The highest BCUT2D eigenvalue weighted by molar-refractivity contribution is 5.76. The number of hydrogen-bond acceptors (Lipinski definition) is 6. The van der Waals surface area contributed by atoms with Gasteiger partial charge in [-0.15, -0.1) is 13.2 Å². The molecule has 12 heteroatoms. The second-order valence-corrected chi connectivity index (χ2v) is 10.9. The molecule has 1 atom stereocenters. The number of hydrogen-bond donors (Lipinski definition) is 1. The van der Waals surface area contributed by atoms with Crippen molar-refractivity contribution < 1.29 is 32.2 Å². The molecule has 0 unspecified atom stereocenters. The van der Waals surface area contributed by atoms with Crippen molar-refractivity contribution in [2.24, 2.45) is 5.92 Å². The van der Waals surface area contributed by atoms with Crippen LogP contribution in [0, 0.1) is 5.92 Å². The molecule has 0 bridgehead atoms. The van der Waals surface area contributed by atoms with Crippen LogP contribution in [-0.4, -0.2) is 63.0 Å². The van der Waals surface area contributed by atoms with Gasteiger partial charge in [-0.1, -0.05) is 12.1 Å². The summed E-state index contributed by atoms with van der Waals surface area (Å²) in [5.41, 5.74) is 1.46. The lowest BCUT2D eigenvalue weighted by molar-refractivity contribution is -0.274. The first-order valence-electron chi connectivity index (χ1n) is 13.3. The number of rotatable bonds is 8. The Balaban J connectivity index is 1.34. The van der Waals surface area contributed by atoms with Crippen molar-refractivity contribution >= 4 is 23.2 Å². The van der Waals surface area contributed by atoms with Crippen LogP contribution in [0.1, 0.15) is 51.4 Å². The largest absolute Gasteiger partial charge is 0.573 e. The first-order valence-corrected chi connectivity index (χ1v) is 13.3. The Morgan fingerprint density at radius 2 is 1.88 bits per heavy atom. The molecule has 40 heavy (non-hydrogen) atoms. The van der Waals surface area contributed by atoms with Crippen LogP contribution < -0.4 is 10.1 Å². The van der Waals surface area contributed by atoms with Gasteiger partial charge < -0.3 is 24.3 Å². The monoisotopic (exact) mass is 561 g/mol. The van der Waals surface area contributed by atoms with Crippen LogP contribution >= 0.6 is 0 Å². The van der Waals surface area contributed by atoms with E-state index in [9.17, 15) is 22.8 Å². The Bertz CT molecular complexity index is 1320. The number of amides is 2. The molecule has 1 aliphatic rings. The van der Waals surface area contributed by atoms with Gasteiger partial charge in [-0.2, -0.15) is 0 Å². The zero-order valence-electron chi connectivity index (χ0n) is 22.8. The smallest absolute Gasteiger partial charge is 0.444 e. The number of ether oxygens (including phenoxy) is 2. The molecule has 2 aromatic heterocycles. The highest BCUT2D eigenvalue weighted by atomic mass is 19.4. The molecule has 4 rings (SSSR count). The number of fused-ring (bicyclic) bond motifs is 1. The molecule has 216 valence electrons. The topological polar surface area (TPSA) is 98.6 Å². The summed E-state index contributed by atoms with van der Waals surface area (Å²) in [7, 11) is 0. The van der Waals surface area contributed by atoms with E-state index in [1.165, 1.54) is 12.1 Å². The summed E-state index contributed by atoms with van der Waals surface area (Å²) in [5.74, 6) is 0.361. The van der Waals surface area contributed by atoms with Crippen molar-refractivity contribution in [3.05, 3.63) is 54.0 Å². The lowest BCUT2D eigenvalue weighted by atomic mass is 9.98. The molecule has 9 nitrogen and oxygen atoms in total. The van der Waals surface area contributed by atoms with Crippen molar-refractivity contribution in [3.8, 4) is 5.75 Å². The van der Waals surface area contributed by atoms with Gasteiger partial charge in [0.1, 0.15) is 22.7 Å². The number of nitrogens with zero attached hydrogens (tertiary/aromatic N) is 4. The molecule has 1 N–H and O–H groups in total. The number of nitrogens with one attached hydrogen (secondary N) is 1. The second-order valence-electron chi connectivity index (χ2n) is 10.9. The van der Waals surface area contributed by atoms with Crippen molar-refractivity contribution in [1.29, 1.82) is 0 Å². The van der Waals surface area contributed by atoms with Gasteiger partial charge in [0.05, 0.1) is 6.54 Å². The average molecular weight is 562 g/mol. The third-order valence-electron chi connectivity index (χ3n) is 6.41. The van der Waals surface area contributed by atoms with Crippen molar-refractivity contribution in [2.75, 3.05) is 19.6 Å². The highest BCUT2D eigenvalue weighted by Crippen LogP contribution is 2.24. The molecular weight excluding hydrogens is 527 g/mol. The number of alkyl halides is 3. The van der Waals surface area contributed by atoms with Crippen LogP contribution in [0.4, 0.5) is 18.0 Å². The number of piperidine rings is 1. The molecular formula is C28H34F3N5O4. The van der Waals surface area contributed by atoms with E-state index in [-0.39, 0.29) is 30.1 Å². The Hall–Kier alpha value is -3.83. The van der Waals surface area contributed by atoms with Gasteiger partial charge in [0.15, 0.2) is 5.65 Å². The van der Waals surface area contributed by atoms with E-state index in [2.05, 4.69) is 20.0 Å². The van der Waals surface area contributed by atoms with E-state index in [4.69, 9.17) is 4.74 Å². The maximum atomic E-state index is 12.7. The van der Waals surface area contributed by atoms with E-state index in [0.717, 1.165) is 18.4 Å². The first-order chi connectivity index (χ1) is 18.9. The highest BCUT2D eigenvalue weighted by Gasteiger charge is 2.31. The summed E-state index contributed by atoms with van der Waals surface area (Å²) >= 11 is 0. The summed E-state index contributed by atoms with van der Waals surface area (Å²) in [6.45, 7) is 7.45. The van der Waals surface area contributed by atoms with Crippen LogP contribution in [0.15, 0.2) is 42.6 Å². The fourth-order valence-corrected chi connectivity index (χ4v) is 4.64. The molecule has 3 aromatic rings. The zero-order chi connectivity index (χ0) is 28.9. The van der Waals surface area contributed by atoms with E-state index in [0.29, 0.717) is 49.6 Å². The van der Waals surface area contributed by atoms with Gasteiger partial charge in [-0.3, -0.25) is 4.79 Å². The number of halogens is 3.